The third-order valence-corrected chi connectivity index (χ3v) is 4.46. The van der Waals surface area contributed by atoms with Crippen molar-refractivity contribution in [2.75, 3.05) is 30.4 Å². The predicted molar refractivity (Wildman–Crippen MR) is 101 cm³/mol. The smallest absolute Gasteiger partial charge is 0.243 e. The average Bonchev–Trinajstić information content (AvgIpc) is 3.07. The van der Waals surface area contributed by atoms with E-state index in [4.69, 9.17) is 0 Å². The van der Waals surface area contributed by atoms with Crippen LogP contribution in [0, 0.1) is 0 Å². The summed E-state index contributed by atoms with van der Waals surface area (Å²) in [6, 6.07) is 2.23. The highest BCUT2D eigenvalue weighted by Gasteiger charge is 2.28. The maximum Gasteiger partial charge on any atom is 0.243 e. The van der Waals surface area contributed by atoms with Crippen LogP contribution in [0.1, 0.15) is 0 Å². The molecule has 3 aromatic rings. The number of carbonyl (C=O) groups excluding carboxylic acids is 1. The molecule has 8 nitrogen and oxygen atoms in total. The lowest BCUT2D eigenvalue weighted by Gasteiger charge is -2.40. The molecule has 26 heavy (non-hydrogen) atoms. The third-order valence-electron chi connectivity index (χ3n) is 4.46. The lowest BCUT2D eigenvalue weighted by atomic mass is 10.1. The van der Waals surface area contributed by atoms with Crippen molar-refractivity contribution in [3.05, 3.63) is 43.5 Å². The lowest BCUT2D eigenvalue weighted by molar-refractivity contribution is -0.117. The molecule has 1 fully saturated rings. The molecule has 0 bridgehead atoms. The van der Waals surface area contributed by atoms with Crippen LogP contribution < -0.4 is 15.5 Å². The molecule has 1 aliphatic heterocycles. The Balaban J connectivity index is 1.59. The molecule has 4 rings (SSSR count). The lowest BCUT2D eigenvalue weighted by Crippen LogP contribution is -2.59. The topological polar surface area (TPSA) is 98.8 Å². The molecule has 0 aliphatic carbocycles. The second kappa shape index (κ2) is 6.47. The largest absolute Gasteiger partial charge is 0.372 e. The van der Waals surface area contributed by atoms with Crippen LogP contribution in [0.25, 0.3) is 22.3 Å². The number of pyridine rings is 1. The van der Waals surface area contributed by atoms with Gasteiger partial charge in [-0.05, 0) is 12.1 Å². The summed E-state index contributed by atoms with van der Waals surface area (Å²) in [6.45, 7) is 4.98. The molecule has 0 unspecified atom stereocenters. The maximum absolute atomic E-state index is 11.4. The Morgan fingerprint density at radius 1 is 1.38 bits per heavy atom. The summed E-state index contributed by atoms with van der Waals surface area (Å²) >= 11 is 0. The van der Waals surface area contributed by atoms with E-state index in [0.29, 0.717) is 5.82 Å². The van der Waals surface area contributed by atoms with Gasteiger partial charge in [0.2, 0.25) is 5.91 Å². The Hall–Kier alpha value is -3.42. The summed E-state index contributed by atoms with van der Waals surface area (Å²) in [7, 11) is 1.81. The van der Waals surface area contributed by atoms with Gasteiger partial charge in [-0.3, -0.25) is 9.78 Å². The first-order valence-electron chi connectivity index (χ1n) is 8.33. The highest BCUT2D eigenvalue weighted by molar-refractivity contribution is 5.94. The van der Waals surface area contributed by atoms with Gasteiger partial charge in [0.05, 0.1) is 36.0 Å². The first-order chi connectivity index (χ1) is 12.7. The fourth-order valence-electron chi connectivity index (χ4n) is 3.03. The van der Waals surface area contributed by atoms with Crippen molar-refractivity contribution in [2.24, 2.45) is 0 Å². The Morgan fingerprint density at radius 3 is 3.00 bits per heavy atom. The molecular formula is C18H19N7O. The zero-order valence-corrected chi connectivity index (χ0v) is 14.4. The van der Waals surface area contributed by atoms with Gasteiger partial charge in [-0.1, -0.05) is 6.58 Å². The molecule has 1 aliphatic rings. The Labute approximate surface area is 150 Å². The number of amides is 1. The molecule has 132 valence electrons. The van der Waals surface area contributed by atoms with Crippen LogP contribution in [-0.4, -0.2) is 52.0 Å². The highest BCUT2D eigenvalue weighted by atomic mass is 16.1. The summed E-state index contributed by atoms with van der Waals surface area (Å²) in [6.07, 6.45) is 8.45. The van der Waals surface area contributed by atoms with E-state index in [1.807, 2.05) is 19.4 Å². The van der Waals surface area contributed by atoms with Gasteiger partial charge < -0.3 is 20.5 Å². The van der Waals surface area contributed by atoms with Crippen molar-refractivity contribution in [1.82, 2.24) is 25.3 Å². The van der Waals surface area contributed by atoms with Crippen molar-refractivity contribution in [3.63, 3.8) is 0 Å². The van der Waals surface area contributed by atoms with Crippen molar-refractivity contribution in [1.29, 1.82) is 0 Å². The van der Waals surface area contributed by atoms with Gasteiger partial charge in [0.25, 0.3) is 0 Å². The Kier molecular flexibility index (Phi) is 4.00. The van der Waals surface area contributed by atoms with E-state index in [9.17, 15) is 4.79 Å². The molecule has 3 N–H and O–H groups in total. The number of hydrogen-bond acceptors (Lipinski definition) is 6. The van der Waals surface area contributed by atoms with E-state index in [2.05, 4.69) is 48.1 Å². The number of aromatic nitrogens is 4. The average molecular weight is 349 g/mol. The molecule has 1 amide bonds. The van der Waals surface area contributed by atoms with Crippen LogP contribution in [0.5, 0.6) is 0 Å². The van der Waals surface area contributed by atoms with Crippen molar-refractivity contribution in [3.8, 4) is 11.3 Å². The van der Waals surface area contributed by atoms with Crippen LogP contribution in [-0.2, 0) is 4.79 Å². The Morgan fingerprint density at radius 2 is 2.23 bits per heavy atom. The molecule has 1 saturated heterocycles. The van der Waals surface area contributed by atoms with Gasteiger partial charge in [-0.15, -0.1) is 0 Å². The fourth-order valence-corrected chi connectivity index (χ4v) is 3.03. The van der Waals surface area contributed by atoms with Crippen molar-refractivity contribution in [2.45, 2.75) is 6.04 Å². The van der Waals surface area contributed by atoms with Crippen molar-refractivity contribution >= 4 is 28.4 Å². The second-order valence-electron chi connectivity index (χ2n) is 6.15. The monoisotopic (exact) mass is 349 g/mol. The van der Waals surface area contributed by atoms with Crippen molar-refractivity contribution < 1.29 is 4.79 Å². The molecule has 0 spiro atoms. The van der Waals surface area contributed by atoms with Crippen LogP contribution >= 0.6 is 0 Å². The summed E-state index contributed by atoms with van der Waals surface area (Å²) < 4.78 is 0. The quantitative estimate of drug-likeness (QED) is 0.605. The third kappa shape index (κ3) is 2.85. The van der Waals surface area contributed by atoms with Gasteiger partial charge in [0.15, 0.2) is 0 Å². The number of hydrogen-bond donors (Lipinski definition) is 3. The zero-order valence-electron chi connectivity index (χ0n) is 14.4. The van der Waals surface area contributed by atoms with Gasteiger partial charge in [-0.2, -0.15) is 0 Å². The highest BCUT2D eigenvalue weighted by Crippen LogP contribution is 2.30. The van der Waals surface area contributed by atoms with Crippen LogP contribution in [0.4, 0.5) is 11.5 Å². The number of H-pyrrole nitrogens is 1. The molecule has 3 aromatic heterocycles. The SMILES string of the molecule is C=CC(=O)NC1CN(c2cnc3[nH]cc(-c4cncc(NC)n4)c3c2)C1. The van der Waals surface area contributed by atoms with E-state index < -0.39 is 0 Å². The van der Waals surface area contributed by atoms with E-state index in [1.165, 1.54) is 6.08 Å². The predicted octanol–water partition coefficient (Wildman–Crippen LogP) is 1.55. The molecule has 0 atom stereocenters. The molecular weight excluding hydrogens is 330 g/mol. The van der Waals surface area contributed by atoms with E-state index in [-0.39, 0.29) is 11.9 Å². The standard InChI is InChI=1S/C18H19N7O/c1-3-17(26)23-11-9-25(10-11)12-4-13-14(6-22-18(13)21-5-12)15-7-20-8-16(19-2)24-15/h3-8,11H,1,9-10H2,2H3,(H,19,24)(H,21,22)(H,23,26). The summed E-state index contributed by atoms with van der Waals surface area (Å²) in [5.74, 6) is 0.573. The number of anilines is 2. The van der Waals surface area contributed by atoms with Gasteiger partial charge in [-0.25, -0.2) is 9.97 Å². The van der Waals surface area contributed by atoms with Gasteiger partial charge >= 0.3 is 0 Å². The van der Waals surface area contributed by atoms with E-state index in [0.717, 1.165) is 41.1 Å². The first-order valence-corrected chi connectivity index (χ1v) is 8.33. The minimum Gasteiger partial charge on any atom is -0.372 e. The van der Waals surface area contributed by atoms with Crippen LogP contribution in [0.15, 0.2) is 43.5 Å². The van der Waals surface area contributed by atoms with E-state index in [1.54, 1.807) is 12.4 Å². The number of rotatable bonds is 5. The number of fused-ring (bicyclic) bond motifs is 1. The molecule has 8 heteroatoms. The molecule has 0 radical (unpaired) electrons. The van der Waals surface area contributed by atoms with E-state index >= 15 is 0 Å². The summed E-state index contributed by atoms with van der Waals surface area (Å²) in [5.41, 5.74) is 3.55. The van der Waals surface area contributed by atoms with Crippen LogP contribution in [0.2, 0.25) is 0 Å². The first kappa shape index (κ1) is 16.1. The molecule has 0 saturated carbocycles. The zero-order chi connectivity index (χ0) is 18.1. The minimum atomic E-state index is -0.140. The maximum atomic E-state index is 11.4. The Bertz CT molecular complexity index is 975. The van der Waals surface area contributed by atoms with Gasteiger partial charge in [0, 0.05) is 37.3 Å². The minimum absolute atomic E-state index is 0.139. The summed E-state index contributed by atoms with van der Waals surface area (Å²) in [5, 5.41) is 6.89. The molecule has 4 heterocycles. The molecule has 0 aromatic carbocycles. The van der Waals surface area contributed by atoms with Gasteiger partial charge in [0.1, 0.15) is 11.5 Å². The summed E-state index contributed by atoms with van der Waals surface area (Å²) in [4.78, 5) is 30.0. The number of carbonyl (C=O) groups is 1. The normalized spacial score (nSPS) is 14.1. The fraction of sp³-hybridized carbons (Fsp3) is 0.222. The van der Waals surface area contributed by atoms with Crippen LogP contribution in [0.3, 0.4) is 0 Å². The second-order valence-corrected chi connectivity index (χ2v) is 6.15. The number of nitrogens with one attached hydrogen (secondary N) is 3. The number of nitrogens with zero attached hydrogens (tertiary/aromatic N) is 4. The number of aromatic amines is 1.